The molecule has 0 aliphatic heterocycles. The van der Waals surface area contributed by atoms with Crippen molar-refractivity contribution in [2.45, 2.75) is 12.5 Å². The molecule has 0 fully saturated rings. The lowest BCUT2D eigenvalue weighted by atomic mass is 10.1. The number of carboxylic acids is 1. The second-order valence-corrected chi connectivity index (χ2v) is 7.86. The Balaban J connectivity index is 1.51. The number of amides is 1. The minimum atomic E-state index is -1.09. The van der Waals surface area contributed by atoms with Gasteiger partial charge in [0.15, 0.2) is 11.5 Å². The Morgan fingerprint density at radius 3 is 2.44 bits per heavy atom. The average molecular weight is 488 g/mol. The molecule has 1 amide bonds. The molecule has 4 aromatic rings. The lowest BCUT2D eigenvalue weighted by Gasteiger charge is -2.15. The molecule has 1 atom stereocenters. The first-order valence-electron chi connectivity index (χ1n) is 11.2. The molecule has 1 aromatic heterocycles. The number of ether oxygens (including phenoxy) is 3. The Morgan fingerprint density at radius 2 is 1.75 bits per heavy atom. The summed E-state index contributed by atoms with van der Waals surface area (Å²) < 4.78 is 17.3. The van der Waals surface area contributed by atoms with Gasteiger partial charge in [-0.05, 0) is 48.5 Å². The Bertz CT molecular complexity index is 1360. The summed E-state index contributed by atoms with van der Waals surface area (Å²) in [6, 6.07) is 20.1. The molecule has 9 heteroatoms. The van der Waals surface area contributed by atoms with E-state index in [1.165, 1.54) is 7.11 Å². The molecule has 0 saturated heterocycles. The first-order valence-corrected chi connectivity index (χ1v) is 11.2. The number of aliphatic carboxylic acids is 1. The number of fused-ring (bicyclic) bond motifs is 1. The highest BCUT2D eigenvalue weighted by Crippen LogP contribution is 2.37. The third-order valence-corrected chi connectivity index (χ3v) is 5.37. The molecule has 36 heavy (non-hydrogen) atoms. The van der Waals surface area contributed by atoms with Crippen molar-refractivity contribution >= 4 is 28.5 Å². The van der Waals surface area contributed by atoms with Gasteiger partial charge in [-0.3, -0.25) is 14.6 Å². The van der Waals surface area contributed by atoms with Crippen LogP contribution in [0.1, 0.15) is 16.8 Å². The van der Waals surface area contributed by atoms with Crippen LogP contribution in [0.2, 0.25) is 0 Å². The third-order valence-electron chi connectivity index (χ3n) is 5.37. The van der Waals surface area contributed by atoms with E-state index in [0.29, 0.717) is 45.2 Å². The van der Waals surface area contributed by atoms with Crippen LogP contribution in [0.4, 0.5) is 5.69 Å². The van der Waals surface area contributed by atoms with Crippen LogP contribution in [0, 0.1) is 0 Å². The smallest absolute Gasteiger partial charge is 0.320 e. The highest BCUT2D eigenvalue weighted by Gasteiger charge is 2.15. The Hall–Kier alpha value is -4.63. The maximum absolute atomic E-state index is 12.4. The van der Waals surface area contributed by atoms with Gasteiger partial charge in [0.05, 0.1) is 19.2 Å². The van der Waals surface area contributed by atoms with Gasteiger partial charge < -0.3 is 30.4 Å². The van der Waals surface area contributed by atoms with E-state index in [1.807, 2.05) is 18.2 Å². The molecule has 1 unspecified atom stereocenters. The van der Waals surface area contributed by atoms with Crippen molar-refractivity contribution in [1.29, 1.82) is 0 Å². The van der Waals surface area contributed by atoms with Crippen LogP contribution in [-0.2, 0) is 4.79 Å². The van der Waals surface area contributed by atoms with Crippen LogP contribution in [0.3, 0.4) is 0 Å². The van der Waals surface area contributed by atoms with Gasteiger partial charge in [-0.25, -0.2) is 0 Å². The lowest BCUT2D eigenvalue weighted by Crippen LogP contribution is -2.31. The van der Waals surface area contributed by atoms with E-state index in [-0.39, 0.29) is 18.9 Å². The molecule has 0 bridgehead atoms. The molecule has 1 heterocycles. The van der Waals surface area contributed by atoms with Crippen molar-refractivity contribution in [3.05, 3.63) is 84.6 Å². The number of hydrogen-bond acceptors (Lipinski definition) is 7. The minimum Gasteiger partial charge on any atom is -0.493 e. The number of carbonyl (C=O) groups is 2. The summed E-state index contributed by atoms with van der Waals surface area (Å²) in [7, 11) is 1.51. The number of nitrogens with one attached hydrogen (secondary N) is 1. The van der Waals surface area contributed by atoms with Gasteiger partial charge in [-0.1, -0.05) is 18.2 Å². The number of aromatic nitrogens is 1. The standard InChI is InChI=1S/C27H25N3O6/c1-34-24-16-22-20(15-25(24)35-14-12-21(28)27(32)33)23(11-13-29-22)36-19-9-7-18(8-10-19)30-26(31)17-5-3-2-4-6-17/h2-11,13,15-16,21H,12,14,28H2,1H3,(H,30,31)(H,32,33). The number of pyridine rings is 1. The molecule has 0 aliphatic rings. The number of hydrogen-bond donors (Lipinski definition) is 3. The molecular formula is C27H25N3O6. The third kappa shape index (κ3) is 5.89. The van der Waals surface area contributed by atoms with Crippen molar-refractivity contribution in [3.63, 3.8) is 0 Å². The van der Waals surface area contributed by atoms with Crippen LogP contribution in [0.25, 0.3) is 10.9 Å². The number of rotatable bonds is 10. The normalized spacial score (nSPS) is 11.5. The molecule has 0 radical (unpaired) electrons. The highest BCUT2D eigenvalue weighted by atomic mass is 16.5. The van der Waals surface area contributed by atoms with E-state index in [0.717, 1.165) is 0 Å². The SMILES string of the molecule is COc1cc2nccc(Oc3ccc(NC(=O)c4ccccc4)cc3)c2cc1OCCC(N)C(=O)O. The first-order chi connectivity index (χ1) is 17.4. The molecule has 0 aliphatic carbocycles. The number of methoxy groups -OCH3 is 1. The van der Waals surface area contributed by atoms with Crippen molar-refractivity contribution in [1.82, 2.24) is 4.98 Å². The lowest BCUT2D eigenvalue weighted by molar-refractivity contribution is -0.138. The van der Waals surface area contributed by atoms with E-state index in [4.69, 9.17) is 25.1 Å². The summed E-state index contributed by atoms with van der Waals surface area (Å²) in [5.74, 6) is 0.681. The van der Waals surface area contributed by atoms with Crippen molar-refractivity contribution < 1.29 is 28.9 Å². The van der Waals surface area contributed by atoms with Crippen molar-refractivity contribution in [3.8, 4) is 23.0 Å². The number of nitrogens with two attached hydrogens (primary N) is 1. The summed E-state index contributed by atoms with van der Waals surface area (Å²) >= 11 is 0. The minimum absolute atomic E-state index is 0.0992. The summed E-state index contributed by atoms with van der Waals surface area (Å²) in [6.45, 7) is 0.0992. The summed E-state index contributed by atoms with van der Waals surface area (Å²) in [4.78, 5) is 27.7. The molecular weight excluding hydrogens is 462 g/mol. The summed E-state index contributed by atoms with van der Waals surface area (Å²) in [6.07, 6.45) is 1.76. The molecule has 3 aromatic carbocycles. The quantitative estimate of drug-likeness (QED) is 0.298. The van der Waals surface area contributed by atoms with Crippen LogP contribution >= 0.6 is 0 Å². The summed E-state index contributed by atoms with van der Waals surface area (Å²) in [5, 5.41) is 12.5. The van der Waals surface area contributed by atoms with Crippen LogP contribution in [-0.4, -0.2) is 41.7 Å². The maximum atomic E-state index is 12.4. The zero-order valence-electron chi connectivity index (χ0n) is 19.5. The molecule has 4 rings (SSSR count). The predicted octanol–water partition coefficient (Wildman–Crippen LogP) is 4.47. The van der Waals surface area contributed by atoms with Crippen LogP contribution < -0.4 is 25.3 Å². The predicted molar refractivity (Wildman–Crippen MR) is 135 cm³/mol. The van der Waals surface area contributed by atoms with Gasteiger partial charge in [-0.2, -0.15) is 0 Å². The van der Waals surface area contributed by atoms with Gasteiger partial charge in [0.2, 0.25) is 0 Å². The fraction of sp³-hybridized carbons (Fsp3) is 0.148. The van der Waals surface area contributed by atoms with E-state index >= 15 is 0 Å². The molecule has 184 valence electrons. The number of carboxylic acid groups (broad SMARTS) is 1. The van der Waals surface area contributed by atoms with Crippen LogP contribution in [0.15, 0.2) is 79.0 Å². The van der Waals surface area contributed by atoms with Gasteiger partial charge in [0, 0.05) is 35.3 Å². The van der Waals surface area contributed by atoms with Gasteiger partial charge in [0.1, 0.15) is 17.5 Å². The highest BCUT2D eigenvalue weighted by molar-refractivity contribution is 6.04. The van der Waals surface area contributed by atoms with E-state index in [9.17, 15) is 9.59 Å². The van der Waals surface area contributed by atoms with E-state index < -0.39 is 12.0 Å². The topological polar surface area (TPSA) is 133 Å². The number of nitrogens with zero attached hydrogens (tertiary/aromatic N) is 1. The average Bonchev–Trinajstić information content (AvgIpc) is 2.90. The molecule has 0 saturated carbocycles. The Labute approximate surface area is 207 Å². The van der Waals surface area contributed by atoms with Crippen LogP contribution in [0.5, 0.6) is 23.0 Å². The van der Waals surface area contributed by atoms with Crippen molar-refractivity contribution in [2.75, 3.05) is 19.0 Å². The fourth-order valence-electron chi connectivity index (χ4n) is 3.44. The number of carbonyl (C=O) groups excluding carboxylic acids is 1. The second-order valence-electron chi connectivity index (χ2n) is 7.86. The second kappa shape index (κ2) is 11.2. The summed E-state index contributed by atoms with van der Waals surface area (Å²) in [5.41, 5.74) is 7.39. The first kappa shape index (κ1) is 24.5. The molecule has 0 spiro atoms. The van der Waals surface area contributed by atoms with E-state index in [1.54, 1.807) is 60.8 Å². The van der Waals surface area contributed by atoms with Gasteiger partial charge in [-0.15, -0.1) is 0 Å². The zero-order chi connectivity index (χ0) is 25.5. The monoisotopic (exact) mass is 487 g/mol. The Morgan fingerprint density at radius 1 is 1.00 bits per heavy atom. The van der Waals surface area contributed by atoms with Gasteiger partial charge in [0.25, 0.3) is 5.91 Å². The largest absolute Gasteiger partial charge is 0.493 e. The zero-order valence-corrected chi connectivity index (χ0v) is 19.5. The number of anilines is 1. The fourth-order valence-corrected chi connectivity index (χ4v) is 3.44. The van der Waals surface area contributed by atoms with Gasteiger partial charge >= 0.3 is 5.97 Å². The molecule has 4 N–H and O–H groups in total. The molecule has 9 nitrogen and oxygen atoms in total. The van der Waals surface area contributed by atoms with E-state index in [2.05, 4.69) is 10.3 Å². The Kier molecular flexibility index (Phi) is 7.62. The van der Waals surface area contributed by atoms with Crippen molar-refractivity contribution in [2.24, 2.45) is 5.73 Å². The number of benzene rings is 3. The maximum Gasteiger partial charge on any atom is 0.320 e.